The molecule has 5 nitrogen and oxygen atoms in total. The van der Waals surface area contributed by atoms with Gasteiger partial charge in [-0.2, -0.15) is 0 Å². The Balaban J connectivity index is 2.20. The maximum absolute atomic E-state index is 11.0. The lowest BCUT2D eigenvalue weighted by molar-refractivity contribution is 0.0676. The molecule has 0 saturated heterocycles. The summed E-state index contributed by atoms with van der Waals surface area (Å²) in [6, 6.07) is 6.92. The van der Waals surface area contributed by atoms with Crippen LogP contribution in [-0.4, -0.2) is 27.2 Å². The second kappa shape index (κ2) is 6.34. The van der Waals surface area contributed by atoms with Crippen LogP contribution in [0.4, 0.5) is 0 Å². The molecule has 0 spiro atoms. The minimum Gasteiger partial charge on any atom is -0.478 e. The second-order valence-corrected chi connectivity index (χ2v) is 4.52. The van der Waals surface area contributed by atoms with Crippen LogP contribution in [0.15, 0.2) is 36.7 Å². The van der Waals surface area contributed by atoms with Crippen LogP contribution >= 0.6 is 0 Å². The maximum Gasteiger partial charge on any atom is 0.335 e. The SMILES string of the molecule is CCOC(C)c1nccn1Cc1cccc(C(=O)O)c1. The van der Waals surface area contributed by atoms with Gasteiger partial charge in [0.2, 0.25) is 0 Å². The number of benzene rings is 1. The molecule has 0 bridgehead atoms. The lowest BCUT2D eigenvalue weighted by Crippen LogP contribution is -2.10. The minimum atomic E-state index is -0.916. The number of nitrogens with zero attached hydrogens (tertiary/aromatic N) is 2. The zero-order chi connectivity index (χ0) is 14.5. The Bertz CT molecular complexity index is 592. The highest BCUT2D eigenvalue weighted by molar-refractivity contribution is 5.87. The zero-order valence-corrected chi connectivity index (χ0v) is 11.6. The molecule has 1 aromatic carbocycles. The lowest BCUT2D eigenvalue weighted by Gasteiger charge is -2.14. The van der Waals surface area contributed by atoms with Crippen molar-refractivity contribution in [1.82, 2.24) is 9.55 Å². The smallest absolute Gasteiger partial charge is 0.335 e. The van der Waals surface area contributed by atoms with Crippen molar-refractivity contribution in [3.63, 3.8) is 0 Å². The van der Waals surface area contributed by atoms with E-state index in [1.54, 1.807) is 24.4 Å². The highest BCUT2D eigenvalue weighted by Crippen LogP contribution is 2.16. The molecule has 5 heteroatoms. The minimum absolute atomic E-state index is 0.0855. The van der Waals surface area contributed by atoms with Crippen LogP contribution in [0.5, 0.6) is 0 Å². The van der Waals surface area contributed by atoms with Gasteiger partial charge in [-0.1, -0.05) is 12.1 Å². The summed E-state index contributed by atoms with van der Waals surface area (Å²) >= 11 is 0. The highest BCUT2D eigenvalue weighted by atomic mass is 16.5. The topological polar surface area (TPSA) is 64.4 Å². The molecule has 0 saturated carbocycles. The van der Waals surface area contributed by atoms with Crippen LogP contribution in [0.2, 0.25) is 0 Å². The number of aromatic carboxylic acids is 1. The number of hydrogen-bond donors (Lipinski definition) is 1. The van der Waals surface area contributed by atoms with Gasteiger partial charge in [0.25, 0.3) is 0 Å². The predicted octanol–water partition coefficient (Wildman–Crippen LogP) is 2.73. The molecule has 1 heterocycles. The molecule has 1 unspecified atom stereocenters. The Morgan fingerprint density at radius 3 is 3.00 bits per heavy atom. The molecule has 0 fully saturated rings. The summed E-state index contributed by atoms with van der Waals surface area (Å²) in [6.07, 6.45) is 3.52. The Hall–Kier alpha value is -2.14. The average Bonchev–Trinajstić information content (AvgIpc) is 2.87. The molecule has 0 aliphatic heterocycles. The van der Waals surface area contributed by atoms with E-state index in [9.17, 15) is 4.79 Å². The van der Waals surface area contributed by atoms with Crippen LogP contribution < -0.4 is 0 Å². The molecule has 1 atom stereocenters. The number of carbonyl (C=O) groups is 1. The van der Waals surface area contributed by atoms with Crippen molar-refractivity contribution >= 4 is 5.97 Å². The number of carboxylic acid groups (broad SMARTS) is 1. The predicted molar refractivity (Wildman–Crippen MR) is 74.8 cm³/mol. The van der Waals surface area contributed by atoms with Gasteiger partial charge in [0.05, 0.1) is 5.56 Å². The van der Waals surface area contributed by atoms with Crippen LogP contribution in [-0.2, 0) is 11.3 Å². The highest BCUT2D eigenvalue weighted by Gasteiger charge is 2.12. The quantitative estimate of drug-likeness (QED) is 0.879. The van der Waals surface area contributed by atoms with Gasteiger partial charge in [-0.15, -0.1) is 0 Å². The molecular weight excluding hydrogens is 256 g/mol. The third-order valence-corrected chi connectivity index (χ3v) is 3.05. The molecule has 106 valence electrons. The maximum atomic E-state index is 11.0. The van der Waals surface area contributed by atoms with E-state index >= 15 is 0 Å². The summed E-state index contributed by atoms with van der Waals surface area (Å²) < 4.78 is 7.52. The van der Waals surface area contributed by atoms with Crippen molar-refractivity contribution in [2.45, 2.75) is 26.5 Å². The van der Waals surface area contributed by atoms with Crippen molar-refractivity contribution in [3.05, 3.63) is 53.6 Å². The first-order valence-corrected chi connectivity index (χ1v) is 6.56. The number of aromatic nitrogens is 2. The molecule has 0 radical (unpaired) electrons. The fraction of sp³-hybridized carbons (Fsp3) is 0.333. The van der Waals surface area contributed by atoms with Crippen LogP contribution in [0.25, 0.3) is 0 Å². The van der Waals surface area contributed by atoms with Crippen molar-refractivity contribution in [2.24, 2.45) is 0 Å². The molecule has 2 rings (SSSR count). The molecule has 0 aliphatic rings. The van der Waals surface area contributed by atoms with Crippen LogP contribution in [0, 0.1) is 0 Å². The van der Waals surface area contributed by atoms with E-state index in [1.165, 1.54) is 0 Å². The third-order valence-electron chi connectivity index (χ3n) is 3.05. The van der Waals surface area contributed by atoms with E-state index in [4.69, 9.17) is 9.84 Å². The van der Waals surface area contributed by atoms with Gasteiger partial charge >= 0.3 is 5.97 Å². The first-order chi connectivity index (χ1) is 9.61. The first-order valence-electron chi connectivity index (χ1n) is 6.56. The van der Waals surface area contributed by atoms with Crippen LogP contribution in [0.1, 0.15) is 41.7 Å². The van der Waals surface area contributed by atoms with Crippen molar-refractivity contribution < 1.29 is 14.6 Å². The Labute approximate surface area is 117 Å². The summed E-state index contributed by atoms with van der Waals surface area (Å²) in [6.45, 7) is 5.10. The standard InChI is InChI=1S/C15H18N2O3/c1-3-20-11(2)14-16-7-8-17(14)10-12-5-4-6-13(9-12)15(18)19/h4-9,11H,3,10H2,1-2H3,(H,18,19). The summed E-state index contributed by atoms with van der Waals surface area (Å²) in [4.78, 5) is 15.3. The monoisotopic (exact) mass is 274 g/mol. The molecule has 20 heavy (non-hydrogen) atoms. The van der Waals surface area contributed by atoms with Gasteiger partial charge < -0.3 is 14.4 Å². The van der Waals surface area contributed by atoms with E-state index in [0.717, 1.165) is 11.4 Å². The van der Waals surface area contributed by atoms with E-state index in [0.29, 0.717) is 18.7 Å². The fourth-order valence-electron chi connectivity index (χ4n) is 2.14. The Morgan fingerprint density at radius 1 is 1.50 bits per heavy atom. The second-order valence-electron chi connectivity index (χ2n) is 4.52. The molecule has 1 N–H and O–H groups in total. The van der Waals surface area contributed by atoms with Crippen molar-refractivity contribution in [3.8, 4) is 0 Å². The third kappa shape index (κ3) is 3.24. The van der Waals surface area contributed by atoms with Gasteiger partial charge in [0, 0.05) is 25.5 Å². The Morgan fingerprint density at radius 2 is 2.30 bits per heavy atom. The Kier molecular flexibility index (Phi) is 4.53. The summed E-state index contributed by atoms with van der Waals surface area (Å²) in [7, 11) is 0. The van der Waals surface area contributed by atoms with E-state index in [2.05, 4.69) is 4.98 Å². The molecule has 1 aromatic heterocycles. The van der Waals surface area contributed by atoms with Gasteiger partial charge in [-0.25, -0.2) is 9.78 Å². The number of hydrogen-bond acceptors (Lipinski definition) is 3. The number of imidazole rings is 1. The van der Waals surface area contributed by atoms with Gasteiger partial charge in [0.1, 0.15) is 11.9 Å². The number of rotatable bonds is 6. The largest absolute Gasteiger partial charge is 0.478 e. The first kappa shape index (κ1) is 14.3. The average molecular weight is 274 g/mol. The van der Waals surface area contributed by atoms with Crippen molar-refractivity contribution in [1.29, 1.82) is 0 Å². The summed E-state index contributed by atoms with van der Waals surface area (Å²) in [5.74, 6) is -0.0760. The van der Waals surface area contributed by atoms with E-state index in [-0.39, 0.29) is 6.10 Å². The van der Waals surface area contributed by atoms with E-state index < -0.39 is 5.97 Å². The molecule has 2 aromatic rings. The summed E-state index contributed by atoms with van der Waals surface area (Å²) in [5.41, 5.74) is 1.22. The van der Waals surface area contributed by atoms with Gasteiger partial charge in [0.15, 0.2) is 0 Å². The number of ether oxygens (including phenoxy) is 1. The normalized spacial score (nSPS) is 12.3. The van der Waals surface area contributed by atoms with Crippen molar-refractivity contribution in [2.75, 3.05) is 6.61 Å². The molecular formula is C15H18N2O3. The van der Waals surface area contributed by atoms with Gasteiger partial charge in [-0.05, 0) is 31.5 Å². The van der Waals surface area contributed by atoms with Crippen LogP contribution in [0.3, 0.4) is 0 Å². The summed E-state index contributed by atoms with van der Waals surface area (Å²) in [5, 5.41) is 9.01. The fourth-order valence-corrected chi connectivity index (χ4v) is 2.14. The lowest BCUT2D eigenvalue weighted by atomic mass is 10.1. The number of carboxylic acids is 1. The zero-order valence-electron chi connectivity index (χ0n) is 11.6. The van der Waals surface area contributed by atoms with Gasteiger partial charge in [-0.3, -0.25) is 0 Å². The van der Waals surface area contributed by atoms with E-state index in [1.807, 2.05) is 30.7 Å². The molecule has 0 amide bonds. The molecule has 0 aliphatic carbocycles.